The molecule has 2 fully saturated rings. The number of alkyl carbamates (subject to hydrolysis) is 1. The first-order valence-electron chi connectivity index (χ1n) is 22.1. The van der Waals surface area contributed by atoms with Gasteiger partial charge in [0.2, 0.25) is 11.9 Å². The van der Waals surface area contributed by atoms with Gasteiger partial charge in [-0.15, -0.1) is 10.2 Å². The van der Waals surface area contributed by atoms with E-state index in [-0.39, 0.29) is 47.2 Å². The molecule has 0 spiro atoms. The molecule has 3 N–H and O–H groups in total. The van der Waals surface area contributed by atoms with Crippen LogP contribution in [0.3, 0.4) is 0 Å². The van der Waals surface area contributed by atoms with Gasteiger partial charge in [-0.1, -0.05) is 13.8 Å². The lowest BCUT2D eigenvalue weighted by molar-refractivity contribution is -0.190. The van der Waals surface area contributed by atoms with Crippen LogP contribution < -0.4 is 16.4 Å². The number of nitrogens with one attached hydrogen (secondary N) is 3. The van der Waals surface area contributed by atoms with Crippen LogP contribution in [-0.2, 0) is 9.47 Å². The highest BCUT2D eigenvalue weighted by Gasteiger charge is 2.60. The zero-order chi connectivity index (χ0) is 51.0. The highest BCUT2D eigenvalue weighted by molar-refractivity contribution is 5.96. The highest BCUT2D eigenvalue weighted by Crippen LogP contribution is 2.39. The van der Waals surface area contributed by atoms with Gasteiger partial charge in [-0.3, -0.25) is 29.1 Å². The quantitative estimate of drug-likeness (QED) is 0.204. The number of halogens is 3. The van der Waals surface area contributed by atoms with Crippen molar-refractivity contribution in [3.8, 4) is 11.9 Å². The molecular formula is C44H57F3N14O8. The van der Waals surface area contributed by atoms with E-state index in [4.69, 9.17) is 9.47 Å². The first-order valence-corrected chi connectivity index (χ1v) is 22.1. The van der Waals surface area contributed by atoms with Gasteiger partial charge in [0, 0.05) is 39.1 Å². The second-order valence-corrected chi connectivity index (χ2v) is 18.3. The molecule has 4 amide bonds. The van der Waals surface area contributed by atoms with Gasteiger partial charge in [-0.2, -0.15) is 23.4 Å². The average molecular weight is 967 g/mol. The number of hydrogen-bond acceptors (Lipinski definition) is 12. The van der Waals surface area contributed by atoms with E-state index in [1.165, 1.54) is 58.5 Å². The summed E-state index contributed by atoms with van der Waals surface area (Å²) < 4.78 is 58.0. The normalized spacial score (nSPS) is 17.3. The van der Waals surface area contributed by atoms with Gasteiger partial charge in [0.15, 0.2) is 5.54 Å². The number of aromatic amines is 2. The molecule has 6 aromatic rings. The van der Waals surface area contributed by atoms with Gasteiger partial charge < -0.3 is 29.5 Å². The number of fused-ring (bicyclic) bond motifs is 2. The summed E-state index contributed by atoms with van der Waals surface area (Å²) in [6.45, 7) is 17.2. The summed E-state index contributed by atoms with van der Waals surface area (Å²) in [6, 6.07) is 6.48. The van der Waals surface area contributed by atoms with E-state index >= 15 is 0 Å². The van der Waals surface area contributed by atoms with Crippen molar-refractivity contribution in [1.82, 2.24) is 68.8 Å². The van der Waals surface area contributed by atoms with Crippen molar-refractivity contribution in [3.63, 3.8) is 0 Å². The van der Waals surface area contributed by atoms with Crippen molar-refractivity contribution in [2.24, 2.45) is 0 Å². The predicted molar refractivity (Wildman–Crippen MR) is 244 cm³/mol. The molecule has 22 nitrogen and oxygen atoms in total. The summed E-state index contributed by atoms with van der Waals surface area (Å²) >= 11 is 0. The smallest absolute Gasteiger partial charge is 0.413 e. The fraction of sp³-hybridized carbons (Fsp3) is 0.500. The number of hydrogen-bond donors (Lipinski definition) is 3. The van der Waals surface area contributed by atoms with Crippen molar-refractivity contribution >= 4 is 35.0 Å². The summed E-state index contributed by atoms with van der Waals surface area (Å²) in [5, 5.41) is 18.9. The number of ether oxygens (including phenoxy) is 2. The SMILES string of the molecule is CC.Cc1c(C(=O)N2CCC(NC(=O)OC(C)(C)C)(C(F)(F)F)C2)cnn1-c1nn2cccc2c(=O)[nH]1.Cc1c(C(=O)N2CC[C@H](N(C)C(=O)OC(C)(C)C)C2)cnn1-c1nn2cccc2c(=O)[nH]1. The summed E-state index contributed by atoms with van der Waals surface area (Å²) in [7, 11) is 1.69. The summed E-state index contributed by atoms with van der Waals surface area (Å²) in [4.78, 5) is 84.8. The third-order valence-corrected chi connectivity index (χ3v) is 11.2. The molecule has 1 unspecified atom stereocenters. The van der Waals surface area contributed by atoms with Crippen LogP contribution in [0.2, 0.25) is 0 Å². The Bertz CT molecular complexity index is 2990. The van der Waals surface area contributed by atoms with E-state index in [9.17, 15) is 41.9 Å². The molecule has 2 saturated heterocycles. The van der Waals surface area contributed by atoms with E-state index in [0.717, 1.165) is 4.90 Å². The van der Waals surface area contributed by atoms with Gasteiger partial charge in [-0.05, 0) is 92.5 Å². The number of rotatable bonds is 6. The number of amides is 4. The number of likely N-dealkylation sites (N-methyl/N-ethyl adjacent to an activating group) is 1. The maximum atomic E-state index is 14.0. The molecule has 6 aromatic heterocycles. The number of carbonyl (C=O) groups is 4. The van der Waals surface area contributed by atoms with Crippen molar-refractivity contribution in [2.45, 2.75) is 111 Å². The number of carbonyl (C=O) groups excluding carboxylic acids is 4. The third-order valence-electron chi connectivity index (χ3n) is 11.2. The summed E-state index contributed by atoms with van der Waals surface area (Å²) in [5.41, 5.74) is -2.92. The molecule has 0 saturated carbocycles. The lowest BCUT2D eigenvalue weighted by Gasteiger charge is -2.33. The second kappa shape index (κ2) is 19.3. The number of likely N-dealkylation sites (tertiary alicyclic amines) is 2. The van der Waals surface area contributed by atoms with E-state index in [0.29, 0.717) is 41.8 Å². The number of alkyl halides is 3. The molecular weight excluding hydrogens is 910 g/mol. The van der Waals surface area contributed by atoms with Gasteiger partial charge in [-0.25, -0.2) is 28.0 Å². The van der Waals surface area contributed by atoms with Crippen LogP contribution in [0.25, 0.3) is 22.9 Å². The summed E-state index contributed by atoms with van der Waals surface area (Å²) in [6.07, 6.45) is -0.411. The van der Waals surface area contributed by atoms with E-state index in [1.54, 1.807) is 60.4 Å². The summed E-state index contributed by atoms with van der Waals surface area (Å²) in [5.74, 6) is -0.624. The fourth-order valence-corrected chi connectivity index (χ4v) is 7.67. The topological polar surface area (TPSA) is 244 Å². The van der Waals surface area contributed by atoms with Crippen LogP contribution >= 0.6 is 0 Å². The minimum atomic E-state index is -4.83. The van der Waals surface area contributed by atoms with Gasteiger partial charge in [0.1, 0.15) is 22.2 Å². The van der Waals surface area contributed by atoms with Crippen LogP contribution in [0.5, 0.6) is 0 Å². The van der Waals surface area contributed by atoms with E-state index < -0.39 is 59.5 Å². The zero-order valence-corrected chi connectivity index (χ0v) is 40.3. The molecule has 0 bridgehead atoms. The predicted octanol–water partition coefficient (Wildman–Crippen LogP) is 4.81. The van der Waals surface area contributed by atoms with Crippen molar-refractivity contribution in [2.75, 3.05) is 33.2 Å². The largest absolute Gasteiger partial charge is 0.444 e. The van der Waals surface area contributed by atoms with Crippen LogP contribution in [0, 0.1) is 13.8 Å². The first kappa shape index (κ1) is 50.9. The molecule has 2 aliphatic rings. The fourth-order valence-electron chi connectivity index (χ4n) is 7.67. The van der Waals surface area contributed by atoms with Gasteiger partial charge in [0.05, 0.1) is 47.5 Å². The van der Waals surface area contributed by atoms with E-state index in [2.05, 4.69) is 30.4 Å². The Morgan fingerprint density at radius 1 is 0.768 bits per heavy atom. The Morgan fingerprint density at radius 3 is 1.71 bits per heavy atom. The van der Waals surface area contributed by atoms with E-state index in [1.807, 2.05) is 39.9 Å². The van der Waals surface area contributed by atoms with Crippen molar-refractivity contribution in [1.29, 1.82) is 0 Å². The maximum absolute atomic E-state index is 14.0. The second-order valence-electron chi connectivity index (χ2n) is 18.3. The minimum absolute atomic E-state index is 0.0351. The van der Waals surface area contributed by atoms with Gasteiger partial charge >= 0.3 is 18.4 Å². The first-order chi connectivity index (χ1) is 32.3. The molecule has 8 heterocycles. The lowest BCUT2D eigenvalue weighted by Crippen LogP contribution is -2.61. The molecule has 2 aliphatic heterocycles. The van der Waals surface area contributed by atoms with Crippen molar-refractivity contribution in [3.05, 3.63) is 92.3 Å². The number of H-pyrrole nitrogens is 2. The minimum Gasteiger partial charge on any atom is -0.444 e. The Labute approximate surface area is 393 Å². The van der Waals surface area contributed by atoms with Crippen LogP contribution in [-0.4, -0.2) is 150 Å². The van der Waals surface area contributed by atoms with Crippen LogP contribution in [0.1, 0.15) is 100 Å². The number of nitrogens with zero attached hydrogens (tertiary/aromatic N) is 11. The Hall–Kier alpha value is -7.47. The number of aromatic nitrogens is 10. The Balaban J connectivity index is 0.000000220. The molecule has 0 radical (unpaired) electrons. The molecule has 8 rings (SSSR count). The highest BCUT2D eigenvalue weighted by atomic mass is 19.4. The molecule has 25 heteroatoms. The molecule has 2 atom stereocenters. The Kier molecular flexibility index (Phi) is 14.2. The molecule has 372 valence electrons. The van der Waals surface area contributed by atoms with Crippen molar-refractivity contribution < 1.29 is 41.8 Å². The monoisotopic (exact) mass is 966 g/mol. The standard InChI is InChI=1S/C21H24F3N7O4.C21H27N7O4.C2H6/c1-12-13(10-25-31(12)17-26-15(32)14-6-5-8-30(14)28-17)16(33)29-9-7-20(11-29,21(22,23)24)27-18(34)35-19(2,3)4;1-13-15(11-22-28(13)19-23-17(29)16-7-6-9-27(16)24-19)18(30)26-10-8-14(12-26)25(5)20(31)32-21(2,3)4;1-2/h5-6,8,10H,7,9,11H2,1-4H3,(H,27,34)(H,26,28,32);6-7,9,11,14H,8,10,12H2,1-5H3,(H,23,24,29);1-2H3/t;14-;/m.0./s1. The van der Waals surface area contributed by atoms with Gasteiger partial charge in [0.25, 0.3) is 22.9 Å². The van der Waals surface area contributed by atoms with Crippen LogP contribution in [0.15, 0.2) is 58.6 Å². The third kappa shape index (κ3) is 10.8. The van der Waals surface area contributed by atoms with Crippen LogP contribution in [0.4, 0.5) is 22.8 Å². The lowest BCUT2D eigenvalue weighted by atomic mass is 9.98. The molecule has 69 heavy (non-hydrogen) atoms. The molecule has 0 aliphatic carbocycles. The Morgan fingerprint density at radius 2 is 1.25 bits per heavy atom. The maximum Gasteiger partial charge on any atom is 0.413 e. The average Bonchev–Trinajstić information content (AvgIpc) is 4.12. The zero-order valence-electron chi connectivity index (χ0n) is 40.3. The molecule has 0 aromatic carbocycles.